The predicted molar refractivity (Wildman–Crippen MR) is 28.2 cm³/mol. The van der Waals surface area contributed by atoms with Crippen molar-refractivity contribution in [2.75, 3.05) is 19.0 Å². The van der Waals surface area contributed by atoms with Gasteiger partial charge < -0.3 is 15.3 Å². The number of rotatable bonds is 3. The minimum absolute atomic E-state index is 0. The van der Waals surface area contributed by atoms with Gasteiger partial charge in [0.2, 0.25) is 0 Å². The third-order valence-electron chi connectivity index (χ3n) is 0.600. The molecule has 3 nitrogen and oxygen atoms in total. The van der Waals surface area contributed by atoms with Crippen molar-refractivity contribution in [1.29, 1.82) is 0 Å². The zero-order valence-corrected chi connectivity index (χ0v) is 6.05. The molecule has 5 heteroatoms. The molecule has 0 aromatic rings. The number of aliphatic hydroxyl groups excluding tert-OH is 3. The minimum atomic E-state index is -0.887. The van der Waals surface area contributed by atoms with Crippen LogP contribution in [0, 0.1) is 0 Å². The Morgan fingerprint density at radius 3 is 1.12 bits per heavy atom. The molecule has 0 aromatic carbocycles. The average Bonchev–Trinajstić information content (AvgIpc) is 1.72. The van der Waals surface area contributed by atoms with Gasteiger partial charge >= 0.3 is 0 Å². The van der Waals surface area contributed by atoms with Crippen LogP contribution in [0.4, 0.5) is 0 Å². The Hall–Kier alpha value is 0.829. The maximum Gasteiger partial charge on any atom is 0.0668 e. The normalized spacial score (nSPS) is 9.00. The van der Waals surface area contributed by atoms with Gasteiger partial charge in [-0.25, -0.2) is 0 Å². The average molecular weight is 188 g/mol. The topological polar surface area (TPSA) is 60.7 Å². The van der Waals surface area contributed by atoms with Crippen LogP contribution in [0.15, 0.2) is 0 Å². The van der Waals surface area contributed by atoms with Crippen LogP contribution >= 0.6 is 7.92 Å². The molecule has 55 valence electrons. The van der Waals surface area contributed by atoms with Gasteiger partial charge in [0.15, 0.2) is 0 Å². The summed E-state index contributed by atoms with van der Waals surface area (Å²) in [6.07, 6.45) is -0.243. The molecule has 0 aliphatic carbocycles. The number of hydrogen-bond donors (Lipinski definition) is 3. The van der Waals surface area contributed by atoms with Crippen molar-refractivity contribution in [3.8, 4) is 0 Å². The summed E-state index contributed by atoms with van der Waals surface area (Å²) in [7, 11) is -0.887. The zero-order valence-electron chi connectivity index (χ0n) is 4.21. The van der Waals surface area contributed by atoms with Gasteiger partial charge in [-0.1, -0.05) is 0 Å². The fraction of sp³-hybridized carbons (Fsp3) is 1.00. The molecule has 0 heterocycles. The van der Waals surface area contributed by atoms with E-state index in [4.69, 9.17) is 15.3 Å². The van der Waals surface area contributed by atoms with Crippen LogP contribution in [0.3, 0.4) is 0 Å². The second-order valence-corrected chi connectivity index (χ2v) is 3.29. The second kappa shape index (κ2) is 7.83. The van der Waals surface area contributed by atoms with Crippen LogP contribution in [0.5, 0.6) is 0 Å². The standard InChI is InChI=1S/C3H9O3P.Cu/c4-1-7(2-5)3-6;/h4-6H,1-3H2;. The zero-order chi connectivity index (χ0) is 5.70. The third kappa shape index (κ3) is 4.98. The Kier molecular flexibility index (Phi) is 11.4. The van der Waals surface area contributed by atoms with Gasteiger partial charge in [-0.2, -0.15) is 0 Å². The van der Waals surface area contributed by atoms with E-state index in [0.29, 0.717) is 0 Å². The summed E-state index contributed by atoms with van der Waals surface area (Å²) in [5.41, 5.74) is 0. The summed E-state index contributed by atoms with van der Waals surface area (Å²) in [4.78, 5) is 0. The Labute approximate surface area is 59.9 Å². The van der Waals surface area contributed by atoms with Gasteiger partial charge in [0, 0.05) is 17.1 Å². The number of hydrogen-bond acceptors (Lipinski definition) is 3. The Balaban J connectivity index is 0. The first-order chi connectivity index (χ1) is 3.35. The van der Waals surface area contributed by atoms with E-state index in [-0.39, 0.29) is 36.1 Å². The second-order valence-electron chi connectivity index (χ2n) is 1.10. The summed E-state index contributed by atoms with van der Waals surface area (Å²) in [5, 5.41) is 24.7. The third-order valence-corrected chi connectivity index (χ3v) is 1.80. The summed E-state index contributed by atoms with van der Waals surface area (Å²) in [6.45, 7) is 0. The molecular formula is C3H9CuO3P. The molecule has 0 fully saturated rings. The molecule has 0 bridgehead atoms. The first kappa shape index (κ1) is 11.6. The van der Waals surface area contributed by atoms with Crippen LogP contribution in [0.1, 0.15) is 0 Å². The summed E-state index contributed by atoms with van der Waals surface area (Å²) < 4.78 is 0. The van der Waals surface area contributed by atoms with Crippen molar-refractivity contribution in [2.45, 2.75) is 0 Å². The van der Waals surface area contributed by atoms with Crippen molar-refractivity contribution in [3.05, 3.63) is 0 Å². The van der Waals surface area contributed by atoms with E-state index < -0.39 is 7.92 Å². The van der Waals surface area contributed by atoms with Crippen molar-refractivity contribution in [3.63, 3.8) is 0 Å². The summed E-state index contributed by atoms with van der Waals surface area (Å²) in [5.74, 6) is 0. The quantitative estimate of drug-likeness (QED) is 0.405. The van der Waals surface area contributed by atoms with Gasteiger partial charge in [0.05, 0.1) is 19.0 Å². The Morgan fingerprint density at radius 1 is 0.875 bits per heavy atom. The van der Waals surface area contributed by atoms with Gasteiger partial charge in [-0.3, -0.25) is 0 Å². The predicted octanol–water partition coefficient (Wildman–Crippen LogP) is -0.685. The molecule has 3 N–H and O–H groups in total. The van der Waals surface area contributed by atoms with Crippen LogP contribution in [0.25, 0.3) is 0 Å². The first-order valence-electron chi connectivity index (χ1n) is 1.90. The van der Waals surface area contributed by atoms with Crippen LogP contribution < -0.4 is 0 Å². The molecule has 0 amide bonds. The monoisotopic (exact) mass is 187 g/mol. The van der Waals surface area contributed by atoms with Gasteiger partial charge in [-0.05, 0) is 7.92 Å². The van der Waals surface area contributed by atoms with Crippen molar-refractivity contribution >= 4 is 7.92 Å². The molecule has 1 radical (unpaired) electrons. The molecular weight excluding hydrogens is 179 g/mol. The molecule has 0 saturated heterocycles. The molecule has 0 rings (SSSR count). The van der Waals surface area contributed by atoms with Gasteiger partial charge in [0.25, 0.3) is 0 Å². The van der Waals surface area contributed by atoms with E-state index in [1.165, 1.54) is 0 Å². The van der Waals surface area contributed by atoms with Crippen molar-refractivity contribution < 1.29 is 32.4 Å². The fourth-order valence-corrected chi connectivity index (χ4v) is 0.402. The van der Waals surface area contributed by atoms with E-state index in [1.807, 2.05) is 0 Å². The number of aliphatic hydroxyl groups is 3. The Bertz CT molecular complexity index is 36.0. The first-order valence-corrected chi connectivity index (χ1v) is 3.79. The smallest absolute Gasteiger partial charge is 0.0668 e. The maximum absolute atomic E-state index is 8.23. The van der Waals surface area contributed by atoms with E-state index in [9.17, 15) is 0 Å². The molecule has 0 aromatic heterocycles. The summed E-state index contributed by atoms with van der Waals surface area (Å²) in [6, 6.07) is 0. The molecule has 0 atom stereocenters. The SMILES string of the molecule is OCP(CO)CO.[Cu]. The molecule has 0 saturated carbocycles. The van der Waals surface area contributed by atoms with E-state index in [2.05, 4.69) is 0 Å². The molecule has 0 unspecified atom stereocenters. The van der Waals surface area contributed by atoms with Gasteiger partial charge in [0.1, 0.15) is 0 Å². The van der Waals surface area contributed by atoms with Crippen molar-refractivity contribution in [2.24, 2.45) is 0 Å². The molecule has 8 heavy (non-hydrogen) atoms. The minimum Gasteiger partial charge on any atom is -0.392 e. The van der Waals surface area contributed by atoms with E-state index in [1.54, 1.807) is 0 Å². The van der Waals surface area contributed by atoms with Crippen LogP contribution in [-0.2, 0) is 17.1 Å². The van der Waals surface area contributed by atoms with E-state index >= 15 is 0 Å². The molecule has 0 aliphatic heterocycles. The summed E-state index contributed by atoms with van der Waals surface area (Å²) >= 11 is 0. The van der Waals surface area contributed by atoms with Crippen LogP contribution in [-0.4, -0.2) is 34.4 Å². The molecule has 0 aliphatic rings. The largest absolute Gasteiger partial charge is 0.392 e. The van der Waals surface area contributed by atoms with Gasteiger partial charge in [-0.15, -0.1) is 0 Å². The maximum atomic E-state index is 8.23. The fourth-order valence-electron chi connectivity index (χ4n) is 0.134. The molecule has 0 spiro atoms. The Morgan fingerprint density at radius 2 is 1.12 bits per heavy atom. The van der Waals surface area contributed by atoms with Crippen LogP contribution in [0.2, 0.25) is 0 Å². The van der Waals surface area contributed by atoms with E-state index in [0.717, 1.165) is 0 Å². The van der Waals surface area contributed by atoms with Crippen molar-refractivity contribution in [1.82, 2.24) is 0 Å².